The Balaban J connectivity index is 2.13. The fourth-order valence-electron chi connectivity index (χ4n) is 2.42. The fraction of sp³-hybridized carbons (Fsp3) is 0.429. The van der Waals surface area contributed by atoms with Gasteiger partial charge in [0.15, 0.2) is 5.65 Å². The number of hydrogen-bond acceptors (Lipinski definition) is 4. The van der Waals surface area contributed by atoms with Crippen molar-refractivity contribution < 1.29 is 0 Å². The van der Waals surface area contributed by atoms with E-state index in [1.165, 1.54) is 0 Å². The number of rotatable bonds is 4. The van der Waals surface area contributed by atoms with Gasteiger partial charge in [-0.1, -0.05) is 0 Å². The largest absolute Gasteiger partial charge is 0.306 e. The summed E-state index contributed by atoms with van der Waals surface area (Å²) < 4.78 is 4.03. The monoisotopic (exact) mass is 304 g/mol. The molecule has 0 radical (unpaired) electrons. The van der Waals surface area contributed by atoms with E-state index in [1.54, 1.807) is 12.4 Å². The number of halogens is 1. The Hall–Kier alpha value is -1.95. The van der Waals surface area contributed by atoms with Gasteiger partial charge in [-0.15, -0.1) is 11.6 Å². The van der Waals surface area contributed by atoms with E-state index in [-0.39, 0.29) is 0 Å². The molecule has 7 heteroatoms. The Morgan fingerprint density at radius 2 is 2.00 bits per heavy atom. The molecule has 0 N–H and O–H groups in total. The highest BCUT2D eigenvalue weighted by Gasteiger charge is 2.18. The summed E-state index contributed by atoms with van der Waals surface area (Å²) in [5, 5.41) is 4.51. The van der Waals surface area contributed by atoms with Crippen molar-refractivity contribution in [1.29, 1.82) is 0 Å². The summed E-state index contributed by atoms with van der Waals surface area (Å²) in [7, 11) is 0. The molecule has 0 aliphatic heterocycles. The predicted octanol–water partition coefficient (Wildman–Crippen LogP) is 2.45. The number of nitrogens with zero attached hydrogens (tertiary/aromatic N) is 6. The maximum absolute atomic E-state index is 6.05. The van der Waals surface area contributed by atoms with Gasteiger partial charge in [0.25, 0.3) is 0 Å². The molecule has 3 heterocycles. The highest BCUT2D eigenvalue weighted by Crippen LogP contribution is 2.21. The first-order chi connectivity index (χ1) is 10.1. The molecule has 0 atom stereocenters. The average molecular weight is 305 g/mol. The van der Waals surface area contributed by atoms with Crippen molar-refractivity contribution >= 4 is 22.8 Å². The standard InChI is InChI=1S/C14H17ClN6/c1-4-21-14-13(10(3)19-21)18-12(5-15)20(14)8-11-7-16-9(2)6-17-11/h6-7H,4-5,8H2,1-3H3. The molecule has 3 aromatic rings. The summed E-state index contributed by atoms with van der Waals surface area (Å²) in [4.78, 5) is 13.3. The molecule has 0 amide bonds. The second-order valence-corrected chi connectivity index (χ2v) is 5.24. The van der Waals surface area contributed by atoms with E-state index >= 15 is 0 Å². The molecule has 0 aliphatic carbocycles. The summed E-state index contributed by atoms with van der Waals surface area (Å²) >= 11 is 6.05. The highest BCUT2D eigenvalue weighted by molar-refractivity contribution is 6.16. The predicted molar refractivity (Wildman–Crippen MR) is 81.4 cm³/mol. The van der Waals surface area contributed by atoms with Crippen molar-refractivity contribution in [2.45, 2.75) is 39.7 Å². The van der Waals surface area contributed by atoms with Crippen LogP contribution in [0.1, 0.15) is 29.8 Å². The molecule has 0 saturated carbocycles. The van der Waals surface area contributed by atoms with Gasteiger partial charge in [-0.3, -0.25) is 9.97 Å². The van der Waals surface area contributed by atoms with Crippen LogP contribution in [0.25, 0.3) is 11.2 Å². The number of imidazole rings is 1. The third-order valence-electron chi connectivity index (χ3n) is 3.45. The normalized spacial score (nSPS) is 11.4. The fourth-order valence-corrected chi connectivity index (χ4v) is 2.63. The molecular formula is C14H17ClN6. The van der Waals surface area contributed by atoms with Crippen molar-refractivity contribution in [3.05, 3.63) is 35.3 Å². The molecule has 0 unspecified atom stereocenters. The molecule has 21 heavy (non-hydrogen) atoms. The highest BCUT2D eigenvalue weighted by atomic mass is 35.5. The van der Waals surface area contributed by atoms with Gasteiger partial charge < -0.3 is 4.57 Å². The van der Waals surface area contributed by atoms with Gasteiger partial charge >= 0.3 is 0 Å². The molecule has 0 aliphatic rings. The van der Waals surface area contributed by atoms with E-state index in [0.29, 0.717) is 12.4 Å². The summed E-state index contributed by atoms with van der Waals surface area (Å²) in [6.45, 7) is 7.34. The molecule has 0 bridgehead atoms. The first kappa shape index (κ1) is 14.0. The molecule has 3 aromatic heterocycles. The van der Waals surface area contributed by atoms with Gasteiger partial charge in [0.1, 0.15) is 11.3 Å². The van der Waals surface area contributed by atoms with Gasteiger partial charge in [0, 0.05) is 12.7 Å². The molecule has 0 saturated heterocycles. The quantitative estimate of drug-likeness (QED) is 0.695. The minimum atomic E-state index is 0.358. The van der Waals surface area contributed by atoms with E-state index in [2.05, 4.69) is 31.5 Å². The zero-order chi connectivity index (χ0) is 15.0. The molecule has 3 rings (SSSR count). The van der Waals surface area contributed by atoms with Crippen LogP contribution in [0.3, 0.4) is 0 Å². The van der Waals surface area contributed by atoms with Crippen LogP contribution < -0.4 is 0 Å². The smallest absolute Gasteiger partial charge is 0.159 e. The van der Waals surface area contributed by atoms with E-state index in [4.69, 9.17) is 11.6 Å². The van der Waals surface area contributed by atoms with Crippen LogP contribution >= 0.6 is 11.6 Å². The Morgan fingerprint density at radius 3 is 2.62 bits per heavy atom. The minimum Gasteiger partial charge on any atom is -0.306 e. The van der Waals surface area contributed by atoms with Crippen LogP contribution in [0.15, 0.2) is 12.4 Å². The van der Waals surface area contributed by atoms with Crippen molar-refractivity contribution in [3.63, 3.8) is 0 Å². The number of aryl methyl sites for hydroxylation is 3. The molecule has 0 fully saturated rings. The van der Waals surface area contributed by atoms with Crippen LogP contribution in [0.4, 0.5) is 0 Å². The molecule has 6 nitrogen and oxygen atoms in total. The maximum atomic E-state index is 6.05. The molecular weight excluding hydrogens is 288 g/mol. The van der Waals surface area contributed by atoms with Crippen molar-refractivity contribution in [2.75, 3.05) is 0 Å². The Morgan fingerprint density at radius 1 is 1.19 bits per heavy atom. The third-order valence-corrected chi connectivity index (χ3v) is 3.69. The van der Waals surface area contributed by atoms with Crippen LogP contribution in [-0.4, -0.2) is 29.3 Å². The van der Waals surface area contributed by atoms with Crippen molar-refractivity contribution in [1.82, 2.24) is 29.3 Å². The van der Waals surface area contributed by atoms with Crippen LogP contribution in [0, 0.1) is 13.8 Å². The summed E-state index contributed by atoms with van der Waals surface area (Å²) in [6, 6.07) is 0. The van der Waals surface area contributed by atoms with E-state index in [0.717, 1.165) is 40.6 Å². The van der Waals surface area contributed by atoms with E-state index in [9.17, 15) is 0 Å². The average Bonchev–Trinajstić information content (AvgIpc) is 3.00. The topological polar surface area (TPSA) is 61.4 Å². The van der Waals surface area contributed by atoms with Crippen molar-refractivity contribution in [2.24, 2.45) is 0 Å². The molecule has 0 aromatic carbocycles. The second-order valence-electron chi connectivity index (χ2n) is 4.97. The van der Waals surface area contributed by atoms with Gasteiger partial charge in [0.2, 0.25) is 0 Å². The van der Waals surface area contributed by atoms with Gasteiger partial charge in [-0.05, 0) is 20.8 Å². The SMILES string of the molecule is CCn1nc(C)c2nc(CCl)n(Cc3cnc(C)cn3)c21. The van der Waals surface area contributed by atoms with Gasteiger partial charge in [-0.25, -0.2) is 9.67 Å². The lowest BCUT2D eigenvalue weighted by Gasteiger charge is -2.08. The molecule has 0 spiro atoms. The maximum Gasteiger partial charge on any atom is 0.159 e. The lowest BCUT2D eigenvalue weighted by atomic mass is 10.4. The van der Waals surface area contributed by atoms with Gasteiger partial charge in [-0.2, -0.15) is 5.10 Å². The number of aromatic nitrogens is 6. The Bertz CT molecular complexity index is 771. The third kappa shape index (κ3) is 2.40. The summed E-state index contributed by atoms with van der Waals surface area (Å²) in [5.41, 5.74) is 4.61. The van der Waals surface area contributed by atoms with Gasteiger partial charge in [0.05, 0.1) is 35.7 Å². The van der Waals surface area contributed by atoms with Crippen LogP contribution in [-0.2, 0) is 19.0 Å². The second kappa shape index (κ2) is 5.44. The zero-order valence-corrected chi connectivity index (χ0v) is 13.1. The lowest BCUT2D eigenvalue weighted by molar-refractivity contribution is 0.635. The minimum absolute atomic E-state index is 0.358. The number of hydrogen-bond donors (Lipinski definition) is 0. The first-order valence-electron chi connectivity index (χ1n) is 6.90. The first-order valence-corrected chi connectivity index (χ1v) is 7.43. The zero-order valence-electron chi connectivity index (χ0n) is 12.3. The van der Waals surface area contributed by atoms with Crippen LogP contribution in [0.2, 0.25) is 0 Å². The van der Waals surface area contributed by atoms with E-state index in [1.807, 2.05) is 18.5 Å². The lowest BCUT2D eigenvalue weighted by Crippen LogP contribution is -2.10. The Labute approximate surface area is 127 Å². The summed E-state index contributed by atoms with van der Waals surface area (Å²) in [5.74, 6) is 1.19. The molecule has 110 valence electrons. The number of fused-ring (bicyclic) bond motifs is 1. The summed E-state index contributed by atoms with van der Waals surface area (Å²) in [6.07, 6.45) is 3.56. The van der Waals surface area contributed by atoms with E-state index < -0.39 is 0 Å². The van der Waals surface area contributed by atoms with Crippen LogP contribution in [0.5, 0.6) is 0 Å². The van der Waals surface area contributed by atoms with Crippen molar-refractivity contribution in [3.8, 4) is 0 Å². The Kier molecular flexibility index (Phi) is 3.63. The number of alkyl halides is 1.